The maximum Gasteiger partial charge on any atom is 0.323 e. The van der Waals surface area contributed by atoms with Gasteiger partial charge in [-0.2, -0.15) is 0 Å². The molecule has 0 N–H and O–H groups in total. The van der Waals surface area contributed by atoms with Crippen LogP contribution >= 0.6 is 11.8 Å². The topological polar surface area (TPSA) is 46.6 Å². The molecule has 2 rings (SSSR count). The number of rotatable bonds is 1. The van der Waals surface area contributed by atoms with Crippen LogP contribution in [0.15, 0.2) is 0 Å². The Morgan fingerprint density at radius 2 is 2.17 bits per heavy atom. The quantitative estimate of drug-likeness (QED) is 0.679. The molecular weight excluding hydrogens is 250 g/mol. The summed E-state index contributed by atoms with van der Waals surface area (Å²) in [5, 5.41) is 0.305. The fourth-order valence-electron chi connectivity index (χ4n) is 2.68. The lowest BCUT2D eigenvalue weighted by Crippen LogP contribution is -2.53. The highest BCUT2D eigenvalue weighted by atomic mass is 32.2. The molecule has 2 heterocycles. The van der Waals surface area contributed by atoms with E-state index in [2.05, 4.69) is 4.90 Å². The first kappa shape index (κ1) is 13.9. The van der Waals surface area contributed by atoms with Crippen molar-refractivity contribution < 1.29 is 14.3 Å². The van der Waals surface area contributed by atoms with E-state index in [0.717, 1.165) is 31.4 Å². The summed E-state index contributed by atoms with van der Waals surface area (Å²) >= 11 is 1.88. The third-order valence-electron chi connectivity index (χ3n) is 3.92. The Balaban J connectivity index is 2.15. The predicted octanol–water partition coefficient (Wildman–Crippen LogP) is 1.68. The Kier molecular flexibility index (Phi) is 4.67. The van der Waals surface area contributed by atoms with Crippen molar-refractivity contribution in [3.8, 4) is 0 Å². The third kappa shape index (κ3) is 2.88. The zero-order valence-electron chi connectivity index (χ0n) is 11.1. The SMILES string of the molecule is COC(=O)[C@@H]1CCCC2SCC[C@H](C)C(=O)CN21. The molecule has 18 heavy (non-hydrogen) atoms. The number of ether oxygens (including phenoxy) is 1. The van der Waals surface area contributed by atoms with Crippen LogP contribution in [0.3, 0.4) is 0 Å². The molecule has 102 valence electrons. The number of fused-ring (bicyclic) bond motifs is 1. The van der Waals surface area contributed by atoms with Crippen molar-refractivity contribution in [2.75, 3.05) is 19.4 Å². The summed E-state index contributed by atoms with van der Waals surface area (Å²) < 4.78 is 4.87. The molecule has 1 unspecified atom stereocenters. The van der Waals surface area contributed by atoms with Gasteiger partial charge >= 0.3 is 5.97 Å². The van der Waals surface area contributed by atoms with Crippen molar-refractivity contribution in [3.05, 3.63) is 0 Å². The van der Waals surface area contributed by atoms with Gasteiger partial charge in [0.15, 0.2) is 0 Å². The van der Waals surface area contributed by atoms with Crippen LogP contribution in [0.1, 0.15) is 32.6 Å². The van der Waals surface area contributed by atoms with E-state index in [1.165, 1.54) is 7.11 Å². The zero-order valence-corrected chi connectivity index (χ0v) is 11.9. The van der Waals surface area contributed by atoms with Crippen LogP contribution in [0.4, 0.5) is 0 Å². The number of Topliss-reactive ketones (excluding diaryl/α,β-unsaturated/α-hetero) is 1. The normalized spacial score (nSPS) is 34.3. The van der Waals surface area contributed by atoms with Crippen LogP contribution in [-0.4, -0.2) is 47.5 Å². The zero-order chi connectivity index (χ0) is 13.1. The van der Waals surface area contributed by atoms with Crippen molar-refractivity contribution in [2.24, 2.45) is 5.92 Å². The van der Waals surface area contributed by atoms with E-state index in [0.29, 0.717) is 11.9 Å². The second-order valence-electron chi connectivity index (χ2n) is 5.12. The number of piperidine rings is 1. The number of hydrogen-bond donors (Lipinski definition) is 0. The van der Waals surface area contributed by atoms with Crippen molar-refractivity contribution in [1.82, 2.24) is 4.90 Å². The van der Waals surface area contributed by atoms with Crippen LogP contribution in [0.25, 0.3) is 0 Å². The van der Waals surface area contributed by atoms with Crippen molar-refractivity contribution in [1.29, 1.82) is 0 Å². The number of hydrogen-bond acceptors (Lipinski definition) is 5. The van der Waals surface area contributed by atoms with Crippen LogP contribution in [0.2, 0.25) is 0 Å². The minimum Gasteiger partial charge on any atom is -0.468 e. The van der Waals surface area contributed by atoms with Gasteiger partial charge in [-0.25, -0.2) is 0 Å². The van der Waals surface area contributed by atoms with E-state index in [1.54, 1.807) is 0 Å². The lowest BCUT2D eigenvalue weighted by molar-refractivity contribution is -0.149. The van der Waals surface area contributed by atoms with E-state index < -0.39 is 0 Å². The number of esters is 1. The van der Waals surface area contributed by atoms with Gasteiger partial charge in [-0.05, 0) is 31.4 Å². The molecule has 0 spiro atoms. The molecule has 0 aliphatic carbocycles. The molecule has 0 saturated carbocycles. The number of thioether (sulfide) groups is 1. The molecule has 0 aromatic rings. The molecule has 2 fully saturated rings. The van der Waals surface area contributed by atoms with E-state index in [-0.39, 0.29) is 23.7 Å². The van der Waals surface area contributed by atoms with Crippen molar-refractivity contribution in [3.63, 3.8) is 0 Å². The number of methoxy groups -OCH3 is 1. The second-order valence-corrected chi connectivity index (χ2v) is 6.41. The van der Waals surface area contributed by atoms with Gasteiger partial charge in [0.2, 0.25) is 0 Å². The van der Waals surface area contributed by atoms with Gasteiger partial charge in [-0.15, -0.1) is 11.8 Å². The molecule has 0 aromatic carbocycles. The average molecular weight is 271 g/mol. The summed E-state index contributed by atoms with van der Waals surface area (Å²) in [6, 6.07) is -0.226. The Hall–Kier alpha value is -0.550. The molecule has 5 heteroatoms. The fraction of sp³-hybridized carbons (Fsp3) is 0.846. The molecule has 4 nitrogen and oxygen atoms in total. The van der Waals surface area contributed by atoms with E-state index in [1.807, 2.05) is 18.7 Å². The Bertz CT molecular complexity index is 334. The van der Waals surface area contributed by atoms with E-state index in [4.69, 9.17) is 4.74 Å². The number of carbonyl (C=O) groups excluding carboxylic acids is 2. The van der Waals surface area contributed by atoms with E-state index >= 15 is 0 Å². The molecule has 2 aliphatic heterocycles. The van der Waals surface area contributed by atoms with Crippen LogP contribution in [0, 0.1) is 5.92 Å². The Morgan fingerprint density at radius 1 is 1.39 bits per heavy atom. The monoisotopic (exact) mass is 271 g/mol. The van der Waals surface area contributed by atoms with Crippen molar-refractivity contribution in [2.45, 2.75) is 44.0 Å². The smallest absolute Gasteiger partial charge is 0.323 e. The molecule has 3 atom stereocenters. The molecule has 0 radical (unpaired) electrons. The molecule has 0 aromatic heterocycles. The highest BCUT2D eigenvalue weighted by molar-refractivity contribution is 7.99. The van der Waals surface area contributed by atoms with Gasteiger partial charge < -0.3 is 4.74 Å². The molecule has 0 amide bonds. The summed E-state index contributed by atoms with van der Waals surface area (Å²) in [5.41, 5.74) is 0. The minimum absolute atomic E-state index is 0.110. The van der Waals surface area contributed by atoms with Gasteiger partial charge in [0.05, 0.1) is 19.0 Å². The fourth-order valence-corrected chi connectivity index (χ4v) is 4.18. The molecule has 2 aliphatic rings. The molecule has 2 saturated heterocycles. The largest absolute Gasteiger partial charge is 0.468 e. The van der Waals surface area contributed by atoms with Crippen LogP contribution < -0.4 is 0 Å². The summed E-state index contributed by atoms with van der Waals surface area (Å²) in [6.07, 6.45) is 3.87. The third-order valence-corrected chi connectivity index (χ3v) is 5.28. The Labute approximate surface area is 112 Å². The molecular formula is C13H21NO3S. The first-order valence-electron chi connectivity index (χ1n) is 6.61. The van der Waals surface area contributed by atoms with Crippen LogP contribution in [-0.2, 0) is 14.3 Å². The molecule has 0 bridgehead atoms. The van der Waals surface area contributed by atoms with Gasteiger partial charge in [-0.3, -0.25) is 14.5 Å². The summed E-state index contributed by atoms with van der Waals surface area (Å²) in [7, 11) is 1.42. The minimum atomic E-state index is -0.226. The highest BCUT2D eigenvalue weighted by Crippen LogP contribution is 2.33. The maximum absolute atomic E-state index is 12.1. The van der Waals surface area contributed by atoms with Gasteiger partial charge in [0.1, 0.15) is 11.8 Å². The summed E-state index contributed by atoms with van der Waals surface area (Å²) in [4.78, 5) is 26.0. The van der Waals surface area contributed by atoms with Crippen LogP contribution in [0.5, 0.6) is 0 Å². The maximum atomic E-state index is 12.1. The van der Waals surface area contributed by atoms with Gasteiger partial charge in [-0.1, -0.05) is 6.92 Å². The second kappa shape index (κ2) is 6.06. The first-order valence-corrected chi connectivity index (χ1v) is 7.66. The lowest BCUT2D eigenvalue weighted by atomic mass is 9.98. The first-order chi connectivity index (χ1) is 8.63. The lowest BCUT2D eigenvalue weighted by Gasteiger charge is -2.41. The average Bonchev–Trinajstić information content (AvgIpc) is 2.37. The number of ketones is 1. The predicted molar refractivity (Wildman–Crippen MR) is 71.4 cm³/mol. The van der Waals surface area contributed by atoms with E-state index in [9.17, 15) is 9.59 Å². The summed E-state index contributed by atoms with van der Waals surface area (Å²) in [5.74, 6) is 1.18. The summed E-state index contributed by atoms with van der Waals surface area (Å²) in [6.45, 7) is 2.39. The Morgan fingerprint density at radius 3 is 2.89 bits per heavy atom. The number of carbonyl (C=O) groups is 2. The van der Waals surface area contributed by atoms with Gasteiger partial charge in [0, 0.05) is 5.92 Å². The van der Waals surface area contributed by atoms with Crippen molar-refractivity contribution >= 4 is 23.5 Å². The number of nitrogens with zero attached hydrogens (tertiary/aromatic N) is 1. The standard InChI is InChI=1S/C13H21NO3S/c1-9-6-7-18-12-5-3-4-10(13(16)17-2)14(12)8-11(9)15/h9-10,12H,3-8H2,1-2H3/t9-,10-,12?/m0/s1. The van der Waals surface area contributed by atoms with Gasteiger partial charge in [0.25, 0.3) is 0 Å². The highest BCUT2D eigenvalue weighted by Gasteiger charge is 2.38.